The first-order valence-corrected chi connectivity index (χ1v) is 13.3. The molecule has 0 unspecified atom stereocenters. The van der Waals surface area contributed by atoms with Gasteiger partial charge in [-0.15, -0.1) is 0 Å². The third-order valence-electron chi connectivity index (χ3n) is 10.9. The van der Waals surface area contributed by atoms with Crippen LogP contribution in [-0.2, 0) is 11.0 Å². The maximum absolute atomic E-state index is 13.2. The predicted molar refractivity (Wildman–Crippen MR) is 130 cm³/mol. The molecule has 3 fully saturated rings. The van der Waals surface area contributed by atoms with Gasteiger partial charge in [-0.1, -0.05) is 26.3 Å². The van der Waals surface area contributed by atoms with Crippen LogP contribution >= 0.6 is 0 Å². The number of hydrogen-bond donors (Lipinski definition) is 1. The zero-order valence-corrected chi connectivity index (χ0v) is 20.8. The van der Waals surface area contributed by atoms with Crippen LogP contribution in [0, 0.1) is 34.5 Å². The molecule has 6 rings (SSSR count). The Morgan fingerprint density at radius 2 is 1.86 bits per heavy atom. The quantitative estimate of drug-likeness (QED) is 0.472. The molecule has 1 aromatic carbocycles. The zero-order valence-electron chi connectivity index (χ0n) is 20.8. The Bertz CT molecular complexity index is 1210. The Hall–Kier alpha value is -2.11. The van der Waals surface area contributed by atoms with E-state index in [4.69, 9.17) is 4.98 Å². The van der Waals surface area contributed by atoms with Crippen LogP contribution in [-0.4, -0.2) is 15.8 Å². The standard InChI is InChI=1S/C29H35F3N2O/c1-16(26-33-24-9-5-18(29(30,31)32)15-25(24)34-26)21-7-8-22-20-6-4-17-14-19(35)10-12-27(17,2)23(20)11-13-28(21,22)3/h5,9,14-16,20-23H,4,6-8,10-13H2,1-3H3,(H,33,34)/t16-,20-,21+,22-,23-,27-,28+/m0/s1. The number of H-pyrrole nitrogens is 1. The van der Waals surface area contributed by atoms with Gasteiger partial charge in [-0.25, -0.2) is 4.98 Å². The van der Waals surface area contributed by atoms with Crippen molar-refractivity contribution in [3.63, 3.8) is 0 Å². The predicted octanol–water partition coefficient (Wildman–Crippen LogP) is 7.83. The second kappa shape index (κ2) is 7.69. The molecule has 35 heavy (non-hydrogen) atoms. The molecule has 2 aromatic rings. The summed E-state index contributed by atoms with van der Waals surface area (Å²) >= 11 is 0. The molecular weight excluding hydrogens is 449 g/mol. The number of benzene rings is 1. The summed E-state index contributed by atoms with van der Waals surface area (Å²) in [5, 5.41) is 0. The summed E-state index contributed by atoms with van der Waals surface area (Å²) in [5.74, 6) is 3.80. The molecular formula is C29H35F3N2O. The van der Waals surface area contributed by atoms with Gasteiger partial charge in [-0.3, -0.25) is 4.79 Å². The molecule has 188 valence electrons. The molecule has 0 amide bonds. The number of allylic oxidation sites excluding steroid dienone is 1. The third kappa shape index (κ3) is 3.45. The minimum absolute atomic E-state index is 0.172. The lowest BCUT2D eigenvalue weighted by molar-refractivity contribution is -0.137. The number of nitrogens with one attached hydrogen (secondary N) is 1. The molecule has 4 aliphatic carbocycles. The lowest BCUT2D eigenvalue weighted by Crippen LogP contribution is -2.50. The van der Waals surface area contributed by atoms with Crippen LogP contribution in [0.2, 0.25) is 0 Å². The van der Waals surface area contributed by atoms with Crippen molar-refractivity contribution in [2.45, 2.75) is 84.2 Å². The first kappa shape index (κ1) is 23.3. The van der Waals surface area contributed by atoms with Gasteiger partial charge in [0.2, 0.25) is 0 Å². The maximum Gasteiger partial charge on any atom is 0.416 e. The van der Waals surface area contributed by atoms with Crippen molar-refractivity contribution in [2.24, 2.45) is 34.5 Å². The van der Waals surface area contributed by atoms with E-state index < -0.39 is 11.7 Å². The second-order valence-corrected chi connectivity index (χ2v) is 12.3. The summed E-state index contributed by atoms with van der Waals surface area (Å²) in [6, 6.07) is 3.79. The maximum atomic E-state index is 13.2. The minimum atomic E-state index is -4.35. The highest BCUT2D eigenvalue weighted by Gasteiger charge is 2.59. The van der Waals surface area contributed by atoms with Gasteiger partial charge in [-0.05, 0) is 104 Å². The number of fused-ring (bicyclic) bond motifs is 6. The van der Waals surface area contributed by atoms with E-state index in [9.17, 15) is 18.0 Å². The number of nitrogens with zero attached hydrogens (tertiary/aromatic N) is 1. The highest BCUT2D eigenvalue weighted by Crippen LogP contribution is 2.68. The van der Waals surface area contributed by atoms with E-state index in [-0.39, 0.29) is 16.7 Å². The first-order valence-electron chi connectivity index (χ1n) is 13.3. The van der Waals surface area contributed by atoms with Crippen molar-refractivity contribution < 1.29 is 18.0 Å². The van der Waals surface area contributed by atoms with Crippen LogP contribution < -0.4 is 0 Å². The molecule has 6 heteroatoms. The average Bonchev–Trinajstić information content (AvgIpc) is 3.39. The molecule has 3 saturated carbocycles. The molecule has 1 heterocycles. The Kier molecular flexibility index (Phi) is 5.12. The number of imidazole rings is 1. The van der Waals surface area contributed by atoms with Gasteiger partial charge in [-0.2, -0.15) is 13.2 Å². The van der Waals surface area contributed by atoms with Crippen molar-refractivity contribution >= 4 is 16.8 Å². The number of ketones is 1. The van der Waals surface area contributed by atoms with Crippen molar-refractivity contribution in [1.29, 1.82) is 0 Å². The topological polar surface area (TPSA) is 45.8 Å². The normalized spacial score (nSPS) is 38.0. The minimum Gasteiger partial charge on any atom is -0.342 e. The molecule has 0 radical (unpaired) electrons. The van der Waals surface area contributed by atoms with Gasteiger partial charge >= 0.3 is 6.18 Å². The Morgan fingerprint density at radius 3 is 2.63 bits per heavy atom. The van der Waals surface area contributed by atoms with E-state index in [0.717, 1.165) is 31.2 Å². The van der Waals surface area contributed by atoms with Crippen LogP contribution in [0.1, 0.15) is 89.4 Å². The number of carbonyl (C=O) groups excluding carboxylic acids is 1. The third-order valence-corrected chi connectivity index (χ3v) is 10.9. The zero-order chi connectivity index (χ0) is 24.8. The van der Waals surface area contributed by atoms with E-state index in [1.165, 1.54) is 43.4 Å². The molecule has 1 N–H and O–H groups in total. The van der Waals surface area contributed by atoms with Gasteiger partial charge in [0, 0.05) is 12.3 Å². The molecule has 1 aromatic heterocycles. The second-order valence-electron chi connectivity index (χ2n) is 12.3. The molecule has 3 nitrogen and oxygen atoms in total. The molecule has 4 aliphatic rings. The number of aromatic amines is 1. The average molecular weight is 485 g/mol. The fraction of sp³-hybridized carbons (Fsp3) is 0.655. The van der Waals surface area contributed by atoms with Crippen molar-refractivity contribution in [1.82, 2.24) is 9.97 Å². The number of carbonyl (C=O) groups is 1. The summed E-state index contributed by atoms with van der Waals surface area (Å²) in [5.41, 5.74) is 2.24. The van der Waals surface area contributed by atoms with E-state index in [1.807, 2.05) is 6.08 Å². The van der Waals surface area contributed by atoms with Crippen LogP contribution in [0.4, 0.5) is 13.2 Å². The molecule has 7 atom stereocenters. The van der Waals surface area contributed by atoms with E-state index in [1.54, 1.807) is 0 Å². The molecule has 0 aliphatic heterocycles. The highest BCUT2D eigenvalue weighted by atomic mass is 19.4. The lowest BCUT2D eigenvalue weighted by Gasteiger charge is -2.58. The van der Waals surface area contributed by atoms with Gasteiger partial charge in [0.25, 0.3) is 0 Å². The molecule has 0 bridgehead atoms. The number of aromatic nitrogens is 2. The first-order chi connectivity index (χ1) is 16.5. The van der Waals surface area contributed by atoms with Crippen LogP contribution in [0.3, 0.4) is 0 Å². The monoisotopic (exact) mass is 484 g/mol. The fourth-order valence-electron chi connectivity index (χ4n) is 9.03. The number of alkyl halides is 3. The number of rotatable bonds is 2. The van der Waals surface area contributed by atoms with Gasteiger partial charge in [0.15, 0.2) is 5.78 Å². The van der Waals surface area contributed by atoms with E-state index in [0.29, 0.717) is 46.9 Å². The Morgan fingerprint density at radius 1 is 1.06 bits per heavy atom. The summed E-state index contributed by atoms with van der Waals surface area (Å²) in [4.78, 5) is 20.1. The lowest BCUT2D eigenvalue weighted by atomic mass is 9.46. The van der Waals surface area contributed by atoms with Gasteiger partial charge in [0.05, 0.1) is 16.6 Å². The Balaban J connectivity index is 1.27. The van der Waals surface area contributed by atoms with E-state index in [2.05, 4.69) is 25.8 Å². The number of hydrogen-bond acceptors (Lipinski definition) is 2. The summed E-state index contributed by atoms with van der Waals surface area (Å²) in [6.07, 6.45) is 6.31. The molecule has 0 saturated heterocycles. The van der Waals surface area contributed by atoms with Gasteiger partial charge < -0.3 is 4.98 Å². The summed E-state index contributed by atoms with van der Waals surface area (Å²) in [6.45, 7) is 7.11. The highest BCUT2D eigenvalue weighted by molar-refractivity contribution is 5.91. The smallest absolute Gasteiger partial charge is 0.342 e. The number of halogens is 3. The fourth-order valence-corrected chi connectivity index (χ4v) is 9.03. The van der Waals surface area contributed by atoms with Crippen molar-refractivity contribution in [2.75, 3.05) is 0 Å². The summed E-state index contributed by atoms with van der Waals surface area (Å²) in [7, 11) is 0. The van der Waals surface area contributed by atoms with Crippen molar-refractivity contribution in [3.8, 4) is 0 Å². The SMILES string of the molecule is C[C@H](c1nc2ccc(C(F)(F)F)cc2[nH]1)[C@H]1CC[C@H]2[C@@H]3CCC4=CC(=O)CC[C@]4(C)[C@H]3CC[C@]12C. The van der Waals surface area contributed by atoms with Crippen LogP contribution in [0.15, 0.2) is 29.8 Å². The Labute approximate surface area is 205 Å². The van der Waals surface area contributed by atoms with Crippen LogP contribution in [0.25, 0.3) is 11.0 Å². The van der Waals surface area contributed by atoms with Gasteiger partial charge in [0.1, 0.15) is 5.82 Å². The molecule has 0 spiro atoms. The van der Waals surface area contributed by atoms with Crippen LogP contribution in [0.5, 0.6) is 0 Å². The largest absolute Gasteiger partial charge is 0.416 e. The van der Waals surface area contributed by atoms with Crippen molar-refractivity contribution in [3.05, 3.63) is 41.2 Å². The van der Waals surface area contributed by atoms with E-state index >= 15 is 0 Å². The summed E-state index contributed by atoms with van der Waals surface area (Å²) < 4.78 is 39.6.